The number of carbonyl (C=O) groups excluding carboxylic acids is 2. The molecule has 0 fully saturated rings. The molecule has 0 aliphatic carbocycles. The van der Waals surface area contributed by atoms with Crippen LogP contribution in [0, 0.1) is 0 Å². The summed E-state index contributed by atoms with van der Waals surface area (Å²) in [4.78, 5) is 26.7. The van der Waals surface area contributed by atoms with Gasteiger partial charge in [0.15, 0.2) is 11.6 Å². The lowest BCUT2D eigenvalue weighted by Crippen LogP contribution is -2.26. The lowest BCUT2D eigenvalue weighted by Gasteiger charge is -2.15. The molecule has 0 aliphatic rings. The lowest BCUT2D eigenvalue weighted by atomic mass is 10.0. The van der Waals surface area contributed by atoms with Crippen molar-refractivity contribution >= 4 is 44.5 Å². The molecule has 0 spiro atoms. The summed E-state index contributed by atoms with van der Waals surface area (Å²) < 4.78 is 0. The second-order valence-electron chi connectivity index (χ2n) is 10.6. The third kappa shape index (κ3) is 6.83. The molecule has 0 saturated carbocycles. The summed E-state index contributed by atoms with van der Waals surface area (Å²) in [6.45, 7) is 1.06. The van der Waals surface area contributed by atoms with Crippen molar-refractivity contribution in [1.29, 1.82) is 0 Å². The van der Waals surface area contributed by atoms with Crippen molar-refractivity contribution in [2.75, 3.05) is 13.1 Å². The molecular formula is C40H32N2O2. The van der Waals surface area contributed by atoms with Crippen LogP contribution < -0.4 is 10.6 Å². The van der Waals surface area contributed by atoms with Crippen molar-refractivity contribution in [3.8, 4) is 0 Å². The van der Waals surface area contributed by atoms with Crippen LogP contribution in [0.2, 0.25) is 0 Å². The van der Waals surface area contributed by atoms with Crippen LogP contribution in [0.3, 0.4) is 0 Å². The van der Waals surface area contributed by atoms with E-state index in [-0.39, 0.29) is 11.6 Å². The Hall–Kier alpha value is -5.74. The van der Waals surface area contributed by atoms with Gasteiger partial charge in [-0.1, -0.05) is 133 Å². The zero-order chi connectivity index (χ0) is 30.1. The number of nitrogens with one attached hydrogen (secondary N) is 2. The summed E-state index contributed by atoms with van der Waals surface area (Å²) in [5.41, 5.74) is 4.60. The van der Waals surface area contributed by atoms with Crippen LogP contribution in [0.4, 0.5) is 0 Å². The lowest BCUT2D eigenvalue weighted by molar-refractivity contribution is 0.103. The van der Waals surface area contributed by atoms with E-state index in [1.165, 1.54) is 0 Å². The molecule has 0 amide bonds. The number of fused-ring (bicyclic) bond motifs is 2. The molecule has 6 aromatic rings. The number of benzene rings is 6. The van der Waals surface area contributed by atoms with Gasteiger partial charge in [0.2, 0.25) is 0 Å². The Kier molecular flexibility index (Phi) is 8.70. The van der Waals surface area contributed by atoms with E-state index < -0.39 is 0 Å². The second-order valence-corrected chi connectivity index (χ2v) is 10.6. The average molecular weight is 573 g/mol. The third-order valence-electron chi connectivity index (χ3n) is 7.54. The van der Waals surface area contributed by atoms with Gasteiger partial charge in [0.1, 0.15) is 0 Å². The topological polar surface area (TPSA) is 58.2 Å². The first kappa shape index (κ1) is 28.4. The van der Waals surface area contributed by atoms with Crippen molar-refractivity contribution in [1.82, 2.24) is 10.6 Å². The molecule has 2 N–H and O–H groups in total. The molecule has 214 valence electrons. The fourth-order valence-electron chi connectivity index (χ4n) is 5.22. The number of carbonyl (C=O) groups is 2. The van der Waals surface area contributed by atoms with E-state index >= 15 is 0 Å². The molecule has 44 heavy (non-hydrogen) atoms. The summed E-state index contributed by atoms with van der Waals surface area (Å²) in [6.07, 6.45) is 3.33. The summed E-state index contributed by atoms with van der Waals surface area (Å²) in [5.74, 6) is -0.137. The Morgan fingerprint density at radius 2 is 0.773 bits per heavy atom. The zero-order valence-corrected chi connectivity index (χ0v) is 24.2. The largest absolute Gasteiger partial charge is 0.383 e. The first-order chi connectivity index (χ1) is 21.6. The summed E-state index contributed by atoms with van der Waals surface area (Å²) in [7, 11) is 0. The Bertz CT molecular complexity index is 1850. The molecule has 6 aromatic carbocycles. The SMILES string of the molecule is O=C(/C=C(\NCCN/C(=C\C(=O)c1ccc2ccccc2c1)c1ccccc1)c1ccccc1)c1ccc2ccccc2c1. The number of rotatable bonds is 11. The first-order valence-electron chi connectivity index (χ1n) is 14.7. The van der Waals surface area contributed by atoms with Gasteiger partial charge in [0.25, 0.3) is 0 Å². The third-order valence-corrected chi connectivity index (χ3v) is 7.54. The Morgan fingerprint density at radius 1 is 0.409 bits per heavy atom. The minimum Gasteiger partial charge on any atom is -0.383 e. The molecule has 6 rings (SSSR count). The minimum absolute atomic E-state index is 0.0686. The highest BCUT2D eigenvalue weighted by atomic mass is 16.1. The van der Waals surface area contributed by atoms with Gasteiger partial charge in [-0.2, -0.15) is 0 Å². The minimum atomic E-state index is -0.0686. The van der Waals surface area contributed by atoms with Gasteiger partial charge in [-0.05, 0) is 44.8 Å². The smallest absolute Gasteiger partial charge is 0.187 e. The Labute approximate surface area is 257 Å². The molecule has 0 heterocycles. The highest BCUT2D eigenvalue weighted by molar-refractivity contribution is 6.11. The summed E-state index contributed by atoms with van der Waals surface area (Å²) in [6, 6.07) is 47.3. The van der Waals surface area contributed by atoms with Gasteiger partial charge in [-0.3, -0.25) is 9.59 Å². The Morgan fingerprint density at radius 3 is 1.18 bits per heavy atom. The second kappa shape index (κ2) is 13.5. The van der Waals surface area contributed by atoms with E-state index in [4.69, 9.17) is 0 Å². The van der Waals surface area contributed by atoms with Crippen LogP contribution in [0.15, 0.2) is 158 Å². The number of hydrogen-bond acceptors (Lipinski definition) is 4. The van der Waals surface area contributed by atoms with Crippen molar-refractivity contribution in [3.63, 3.8) is 0 Å². The Balaban J connectivity index is 1.19. The number of hydrogen-bond donors (Lipinski definition) is 2. The summed E-state index contributed by atoms with van der Waals surface area (Å²) >= 11 is 0. The van der Waals surface area contributed by atoms with Crippen LogP contribution in [0.25, 0.3) is 32.9 Å². The van der Waals surface area contributed by atoms with E-state index in [2.05, 4.69) is 10.6 Å². The van der Waals surface area contributed by atoms with Crippen LogP contribution in [-0.2, 0) is 0 Å². The molecular weight excluding hydrogens is 540 g/mol. The monoisotopic (exact) mass is 572 g/mol. The standard InChI is InChI=1S/C40H32N2O2/c43-39(35-21-19-29-11-7-9-17-33(29)25-35)27-37(31-13-3-1-4-14-31)41-23-24-42-38(32-15-5-2-6-16-32)28-40(44)36-22-20-30-12-8-10-18-34(30)26-36/h1-22,25-28,41-42H,23-24H2/b37-27-,38-28-. The molecule has 0 atom stereocenters. The maximum absolute atomic E-state index is 13.4. The van der Waals surface area contributed by atoms with Gasteiger partial charge < -0.3 is 10.6 Å². The molecule has 4 nitrogen and oxygen atoms in total. The molecule has 0 aliphatic heterocycles. The van der Waals surface area contributed by atoms with E-state index in [0.717, 1.165) is 44.1 Å². The van der Waals surface area contributed by atoms with Crippen LogP contribution in [-0.4, -0.2) is 24.7 Å². The van der Waals surface area contributed by atoms with Crippen LogP contribution in [0.5, 0.6) is 0 Å². The van der Waals surface area contributed by atoms with E-state index in [1.54, 1.807) is 12.2 Å². The van der Waals surface area contributed by atoms with Gasteiger partial charge in [-0.15, -0.1) is 0 Å². The summed E-state index contributed by atoms with van der Waals surface area (Å²) in [5, 5.41) is 11.2. The van der Waals surface area contributed by atoms with E-state index in [9.17, 15) is 9.59 Å². The van der Waals surface area contributed by atoms with Gasteiger partial charge >= 0.3 is 0 Å². The highest BCUT2D eigenvalue weighted by Gasteiger charge is 2.11. The predicted molar refractivity (Wildman–Crippen MR) is 181 cm³/mol. The number of allylic oxidation sites excluding steroid dienone is 2. The molecule has 4 heteroatoms. The quantitative estimate of drug-likeness (QED) is 0.0931. The van der Waals surface area contributed by atoms with Gasteiger partial charge in [0, 0.05) is 47.8 Å². The van der Waals surface area contributed by atoms with Crippen molar-refractivity contribution in [2.24, 2.45) is 0 Å². The zero-order valence-electron chi connectivity index (χ0n) is 24.2. The maximum Gasteiger partial charge on any atom is 0.187 e. The molecule has 0 unspecified atom stereocenters. The van der Waals surface area contributed by atoms with Crippen molar-refractivity contribution in [2.45, 2.75) is 0 Å². The van der Waals surface area contributed by atoms with Crippen LogP contribution >= 0.6 is 0 Å². The molecule has 0 bridgehead atoms. The fourth-order valence-corrected chi connectivity index (χ4v) is 5.22. The first-order valence-corrected chi connectivity index (χ1v) is 14.7. The van der Waals surface area contributed by atoms with E-state index in [0.29, 0.717) is 24.2 Å². The average Bonchev–Trinajstić information content (AvgIpc) is 3.09. The predicted octanol–water partition coefficient (Wildman–Crippen LogP) is 8.32. The number of ketones is 2. The molecule has 0 aromatic heterocycles. The highest BCUT2D eigenvalue weighted by Crippen LogP contribution is 2.20. The molecule has 0 radical (unpaired) electrons. The van der Waals surface area contributed by atoms with Gasteiger partial charge in [0.05, 0.1) is 0 Å². The fraction of sp³-hybridized carbons (Fsp3) is 0.0500. The van der Waals surface area contributed by atoms with Crippen molar-refractivity contribution in [3.05, 3.63) is 180 Å². The normalized spacial score (nSPS) is 11.8. The maximum atomic E-state index is 13.4. The van der Waals surface area contributed by atoms with Crippen molar-refractivity contribution < 1.29 is 9.59 Å². The van der Waals surface area contributed by atoms with Crippen LogP contribution in [0.1, 0.15) is 31.8 Å². The molecule has 0 saturated heterocycles. The van der Waals surface area contributed by atoms with E-state index in [1.807, 2.05) is 146 Å². The van der Waals surface area contributed by atoms with Gasteiger partial charge in [-0.25, -0.2) is 0 Å².